The maximum atomic E-state index is 14.2. The van der Waals surface area contributed by atoms with Crippen LogP contribution in [0.4, 0.5) is 9.59 Å². The number of Topliss-reactive ketones (excluding diaryl/α,β-unsaturated/α-hetero) is 1. The molecule has 0 spiro atoms. The fourth-order valence-corrected chi connectivity index (χ4v) is 14.1. The number of hydrogen-bond donors (Lipinski definition) is 7. The molecule has 9 N–H and O–H groups in total. The Morgan fingerprint density at radius 2 is 0.936 bits per heavy atom. The molecule has 2 saturated heterocycles. The Morgan fingerprint density at radius 1 is 0.551 bits per heavy atom. The van der Waals surface area contributed by atoms with Gasteiger partial charge >= 0.3 is 12.2 Å². The summed E-state index contributed by atoms with van der Waals surface area (Å²) in [6.07, 6.45) is 13.5. The molecule has 11 atom stereocenters. The van der Waals surface area contributed by atoms with E-state index in [0.717, 1.165) is 103 Å². The average molecular weight is 1100 g/mol. The van der Waals surface area contributed by atoms with Crippen LogP contribution in [0.5, 0.6) is 0 Å². The maximum Gasteiger partial charge on any atom is 0.408 e. The van der Waals surface area contributed by atoms with Crippen molar-refractivity contribution in [3.8, 4) is 0 Å². The zero-order valence-corrected chi connectivity index (χ0v) is 48.3. The number of nitrogens with one attached hydrogen (secondary N) is 4. The van der Waals surface area contributed by atoms with Gasteiger partial charge in [-0.2, -0.15) is 0 Å². The van der Waals surface area contributed by atoms with Crippen LogP contribution < -0.4 is 32.7 Å². The first kappa shape index (κ1) is 60.6. The third-order valence-corrected chi connectivity index (χ3v) is 19.1. The van der Waals surface area contributed by atoms with Crippen LogP contribution in [0.15, 0.2) is 0 Å². The second-order valence-corrected chi connectivity index (χ2v) is 27.6. The number of alkyl carbamates (subject to hydrolysis) is 2. The van der Waals surface area contributed by atoms with Gasteiger partial charge in [0.1, 0.15) is 35.4 Å². The molecular formula is C58H94N8O12. The van der Waals surface area contributed by atoms with E-state index in [-0.39, 0.29) is 70.0 Å². The lowest BCUT2D eigenvalue weighted by Crippen LogP contribution is -2.60. The summed E-state index contributed by atoms with van der Waals surface area (Å²) < 4.78 is 11.0. The Bertz CT molecular complexity index is 2260. The van der Waals surface area contributed by atoms with Crippen LogP contribution in [0.2, 0.25) is 0 Å². The summed E-state index contributed by atoms with van der Waals surface area (Å²) in [5, 5.41) is 22.0. The second kappa shape index (κ2) is 24.0. The number of ether oxygens (including phenoxy) is 2. The van der Waals surface area contributed by atoms with Crippen LogP contribution in [0, 0.1) is 58.2 Å². The first-order valence-corrected chi connectivity index (χ1v) is 29.4. The summed E-state index contributed by atoms with van der Waals surface area (Å²) in [5.74, 6) is -3.38. The van der Waals surface area contributed by atoms with Gasteiger partial charge in [0.15, 0.2) is 6.10 Å². The van der Waals surface area contributed by atoms with Crippen molar-refractivity contribution in [2.45, 2.75) is 238 Å². The summed E-state index contributed by atoms with van der Waals surface area (Å²) in [5.41, 5.74) is 9.06. The third kappa shape index (κ3) is 14.1. The minimum absolute atomic E-state index is 0.0320. The predicted molar refractivity (Wildman–Crippen MR) is 289 cm³/mol. The first-order chi connectivity index (χ1) is 36.4. The monoisotopic (exact) mass is 1090 g/mol. The molecule has 8 rings (SSSR count). The van der Waals surface area contributed by atoms with Gasteiger partial charge < -0.3 is 57.1 Å². The fourth-order valence-electron chi connectivity index (χ4n) is 14.1. The van der Waals surface area contributed by atoms with Gasteiger partial charge in [0.2, 0.25) is 35.3 Å². The molecular weight excluding hydrogens is 1000 g/mol. The molecule has 0 aromatic heterocycles. The van der Waals surface area contributed by atoms with Crippen molar-refractivity contribution in [1.82, 2.24) is 31.1 Å². The number of piperidine rings is 2. The van der Waals surface area contributed by atoms with Crippen molar-refractivity contribution in [1.29, 1.82) is 0 Å². The maximum absolute atomic E-state index is 14.2. The van der Waals surface area contributed by atoms with Crippen molar-refractivity contribution in [2.75, 3.05) is 13.1 Å². The second-order valence-electron chi connectivity index (χ2n) is 27.6. The molecule has 438 valence electrons. The zero-order valence-electron chi connectivity index (χ0n) is 48.3. The van der Waals surface area contributed by atoms with E-state index in [1.54, 1.807) is 51.3 Å². The van der Waals surface area contributed by atoms with Crippen molar-refractivity contribution in [3.63, 3.8) is 0 Å². The Labute approximate surface area is 461 Å². The molecule has 2 aliphatic heterocycles. The number of carbonyl (C=O) groups is 9. The molecule has 2 heterocycles. The SMILES string of the molecule is CC(C)(C)OC(=O)N[C@H](C(=O)N1CC2C([C@H]1C(=O)NC(CC1CCC1)C(=O)C(N)=O)C2(C)C)C1CCCCC1.CC(C)(C)OC(=O)N[C@H](C(=O)N1CC2C([C@H]1C(=O)NC(CC1CCC1)C(O)C(N)=O)C2(C)C)C1CCCCC1. The molecule has 8 aliphatic rings. The van der Waals surface area contributed by atoms with E-state index in [4.69, 9.17) is 20.9 Å². The van der Waals surface area contributed by atoms with Gasteiger partial charge in [0.05, 0.1) is 12.1 Å². The number of likely N-dealkylation sites (tertiary alicyclic amines) is 2. The van der Waals surface area contributed by atoms with Gasteiger partial charge in [0.25, 0.3) is 5.91 Å². The van der Waals surface area contributed by atoms with E-state index < -0.39 is 89.2 Å². The highest BCUT2D eigenvalue weighted by molar-refractivity contribution is 6.37. The number of carbonyl (C=O) groups excluding carboxylic acids is 9. The molecule has 0 bridgehead atoms. The molecule has 6 aliphatic carbocycles. The van der Waals surface area contributed by atoms with Gasteiger partial charge in [-0.25, -0.2) is 9.59 Å². The smallest absolute Gasteiger partial charge is 0.408 e. The quantitative estimate of drug-likeness (QED) is 0.0879. The van der Waals surface area contributed by atoms with Gasteiger partial charge in [-0.15, -0.1) is 0 Å². The summed E-state index contributed by atoms with van der Waals surface area (Å²) in [6.45, 7) is 19.9. The van der Waals surface area contributed by atoms with Crippen LogP contribution >= 0.6 is 0 Å². The number of amides is 8. The first-order valence-electron chi connectivity index (χ1n) is 29.4. The molecule has 20 nitrogen and oxygen atoms in total. The molecule has 7 unspecified atom stereocenters. The molecule has 0 aromatic carbocycles. The lowest BCUT2D eigenvalue weighted by atomic mass is 9.79. The zero-order chi connectivity index (χ0) is 57.4. The number of rotatable bonds is 18. The molecule has 6 saturated carbocycles. The van der Waals surface area contributed by atoms with Crippen molar-refractivity contribution >= 4 is 53.4 Å². The van der Waals surface area contributed by atoms with Crippen molar-refractivity contribution < 1.29 is 57.7 Å². The highest BCUT2D eigenvalue weighted by Crippen LogP contribution is 2.66. The van der Waals surface area contributed by atoms with E-state index in [9.17, 15) is 48.3 Å². The number of primary amides is 2. The molecule has 8 amide bonds. The number of nitrogens with two attached hydrogens (primary N) is 2. The van der Waals surface area contributed by atoms with E-state index in [1.165, 1.54) is 0 Å². The van der Waals surface area contributed by atoms with Gasteiger partial charge in [-0.1, -0.05) is 105 Å². The molecule has 0 radical (unpaired) electrons. The number of aliphatic hydroxyl groups excluding tert-OH is 1. The summed E-state index contributed by atoms with van der Waals surface area (Å²) in [6, 6.07) is -4.90. The molecule has 20 heteroatoms. The van der Waals surface area contributed by atoms with E-state index in [2.05, 4.69) is 49.0 Å². The van der Waals surface area contributed by atoms with Crippen molar-refractivity contribution in [3.05, 3.63) is 0 Å². The Balaban J connectivity index is 0.000000226. The van der Waals surface area contributed by atoms with E-state index in [1.807, 2.05) is 0 Å². The number of nitrogens with zero attached hydrogens (tertiary/aromatic N) is 2. The number of fused-ring (bicyclic) bond motifs is 2. The van der Waals surface area contributed by atoms with Crippen LogP contribution in [0.25, 0.3) is 0 Å². The predicted octanol–water partition coefficient (Wildman–Crippen LogP) is 5.14. The van der Waals surface area contributed by atoms with E-state index in [0.29, 0.717) is 31.8 Å². The lowest BCUT2D eigenvalue weighted by molar-refractivity contribution is -0.144. The fraction of sp³-hybridized carbons (Fsp3) is 0.845. The van der Waals surface area contributed by atoms with Crippen LogP contribution in [-0.2, 0) is 43.0 Å². The van der Waals surface area contributed by atoms with Crippen LogP contribution in [-0.4, -0.2) is 135 Å². The molecule has 78 heavy (non-hydrogen) atoms. The summed E-state index contributed by atoms with van der Waals surface area (Å²) >= 11 is 0. The minimum Gasteiger partial charge on any atom is -0.444 e. The topological polar surface area (TPSA) is 299 Å². The summed E-state index contributed by atoms with van der Waals surface area (Å²) in [4.78, 5) is 121. The normalized spacial score (nSPS) is 28.4. The third-order valence-electron chi connectivity index (χ3n) is 19.1. The lowest BCUT2D eigenvalue weighted by Gasteiger charge is -2.38. The molecule has 0 aromatic rings. The average Bonchev–Trinajstić information content (AvgIpc) is 3.90. The van der Waals surface area contributed by atoms with Crippen LogP contribution in [0.1, 0.15) is 185 Å². The molecule has 8 fully saturated rings. The largest absolute Gasteiger partial charge is 0.444 e. The van der Waals surface area contributed by atoms with Gasteiger partial charge in [-0.3, -0.25) is 33.6 Å². The summed E-state index contributed by atoms with van der Waals surface area (Å²) in [7, 11) is 0. The standard InChI is InChI=1S/C29H48N4O6.C29H46N4O6/c2*1-28(2,3)39-27(38)32-21(17-12-7-6-8-13-17)26(37)33-15-18-20(29(18,4)5)22(33)25(36)31-19(23(34)24(30)35)14-16-10-9-11-16/h16-23,34H,6-15H2,1-5H3,(H2,30,35)(H,31,36)(H,32,38);16-22H,6-15H2,1-5H3,(H2,30,35)(H,31,36)(H,32,38)/t18?,19?,20?,21-,22-,23?;18?,19?,20?,21-,22-/m00/s1. The van der Waals surface area contributed by atoms with Crippen LogP contribution in [0.3, 0.4) is 0 Å². The highest BCUT2D eigenvalue weighted by atomic mass is 16.6. The highest BCUT2D eigenvalue weighted by Gasteiger charge is 2.71. The Kier molecular flexibility index (Phi) is 18.6. The Morgan fingerprint density at radius 3 is 1.28 bits per heavy atom. The van der Waals surface area contributed by atoms with Crippen molar-refractivity contribution in [2.24, 2.45) is 69.6 Å². The van der Waals surface area contributed by atoms with Gasteiger partial charge in [0, 0.05) is 13.1 Å². The number of ketones is 1. The Hall–Kier alpha value is -5.01. The van der Waals surface area contributed by atoms with Gasteiger partial charge in [-0.05, 0) is 138 Å². The minimum atomic E-state index is -1.49. The van der Waals surface area contributed by atoms with E-state index >= 15 is 0 Å². The number of hydrogen-bond acceptors (Lipinski definition) is 12. The number of aliphatic hydroxyl groups is 1.